The second-order valence-electron chi connectivity index (χ2n) is 21.5. The first-order valence-corrected chi connectivity index (χ1v) is 29.0. The van der Waals surface area contributed by atoms with E-state index in [0.29, 0.717) is 6.42 Å². The molecule has 16 rings (SSSR count). The van der Waals surface area contributed by atoms with Gasteiger partial charge in [-0.25, -0.2) is 4.98 Å². The smallest absolute Gasteiger partial charge is 0.164 e. The van der Waals surface area contributed by atoms with E-state index in [0.717, 1.165) is 118 Å². The summed E-state index contributed by atoms with van der Waals surface area (Å²) in [6.45, 7) is 0. The molecule has 0 bridgehead atoms. The maximum Gasteiger partial charge on any atom is 0.164 e. The Balaban J connectivity index is 0.970. The van der Waals surface area contributed by atoms with Crippen LogP contribution in [0.25, 0.3) is 83.7 Å². The highest BCUT2D eigenvalue weighted by atomic mass is 15.3. The second-order valence-corrected chi connectivity index (χ2v) is 21.5. The molecule has 1 aliphatic carbocycles. The molecule has 7 heteroatoms. The Bertz CT molecular complexity index is 5030. The summed E-state index contributed by atoms with van der Waals surface area (Å²) in [5, 5.41) is 5.84. The van der Waals surface area contributed by atoms with E-state index in [-0.39, 0.29) is 0 Å². The van der Waals surface area contributed by atoms with Crippen molar-refractivity contribution in [2.45, 2.75) is 6.42 Å². The van der Waals surface area contributed by atoms with Crippen LogP contribution in [0.2, 0.25) is 0 Å². The minimum Gasteiger partial charge on any atom is -0.309 e. The molecule has 0 amide bonds. The fourth-order valence-corrected chi connectivity index (χ4v) is 12.9. The van der Waals surface area contributed by atoms with Gasteiger partial charge in [0.25, 0.3) is 0 Å². The van der Waals surface area contributed by atoms with Gasteiger partial charge in [-0.15, -0.1) is 0 Å². The van der Waals surface area contributed by atoms with Gasteiger partial charge >= 0.3 is 0 Å². The molecule has 0 saturated carbocycles. The molecule has 0 radical (unpaired) electrons. The van der Waals surface area contributed by atoms with Crippen LogP contribution in [0.4, 0.5) is 45.8 Å². The van der Waals surface area contributed by atoms with Crippen LogP contribution in [-0.4, -0.2) is 18.7 Å². The standard InChI is InChI=1S/C78H55N7/c1-7-26-55(27-8-1)80(62-46-48-74-68(53-62)65-40-20-23-43-71(65)84(74)59-34-15-5-16-35-59)76-50-51-77(81(56-28-9-2-10-29-56)63-47-49-75-69(54-63)66-41-21-24-44-72(66)85(75)60-36-17-6-18-37-60)79-78(76)82(57-30-11-3-12-31-57)61-38-25-45-73-67(52-61)64-39-19-22-42-70(64)83(73)58-32-13-4-14-33-58/h1-37,39-54H,38H2. The summed E-state index contributed by atoms with van der Waals surface area (Å²) in [6, 6.07) is 109. The van der Waals surface area contributed by atoms with Crippen molar-refractivity contribution in [3.05, 3.63) is 326 Å². The molecule has 0 spiro atoms. The molecular weight excluding hydrogens is 1030 g/mol. The molecule has 4 heterocycles. The number of rotatable bonds is 12. The number of hydrogen-bond acceptors (Lipinski definition) is 4. The number of nitrogens with zero attached hydrogens (tertiary/aromatic N) is 7. The van der Waals surface area contributed by atoms with Crippen LogP contribution in [0.5, 0.6) is 0 Å². The predicted octanol–water partition coefficient (Wildman–Crippen LogP) is 20.8. The molecule has 0 atom stereocenters. The second kappa shape index (κ2) is 20.8. The van der Waals surface area contributed by atoms with Gasteiger partial charge in [0.05, 0.1) is 39.0 Å². The van der Waals surface area contributed by atoms with Crippen molar-refractivity contribution in [3.63, 3.8) is 0 Å². The van der Waals surface area contributed by atoms with Crippen molar-refractivity contribution in [3.8, 4) is 17.1 Å². The Morgan fingerprint density at radius 3 is 1.22 bits per heavy atom. The van der Waals surface area contributed by atoms with Crippen molar-refractivity contribution in [1.82, 2.24) is 18.7 Å². The quantitative estimate of drug-likeness (QED) is 0.122. The normalized spacial score (nSPS) is 12.2. The first kappa shape index (κ1) is 49.4. The van der Waals surface area contributed by atoms with E-state index in [2.05, 4.69) is 350 Å². The molecule has 0 N–H and O–H groups in total. The van der Waals surface area contributed by atoms with E-state index in [4.69, 9.17) is 4.98 Å². The van der Waals surface area contributed by atoms with Gasteiger partial charge in [-0.05, 0) is 152 Å². The van der Waals surface area contributed by atoms with Crippen molar-refractivity contribution in [1.29, 1.82) is 0 Å². The molecule has 0 saturated heterocycles. The summed E-state index contributed by atoms with van der Waals surface area (Å²) in [7, 11) is 0. The molecule has 7 nitrogen and oxygen atoms in total. The fraction of sp³-hybridized carbons (Fsp3) is 0.0128. The van der Waals surface area contributed by atoms with Gasteiger partial charge in [0.2, 0.25) is 0 Å². The van der Waals surface area contributed by atoms with Gasteiger partial charge in [0.1, 0.15) is 5.82 Å². The van der Waals surface area contributed by atoms with Crippen LogP contribution in [0, 0.1) is 0 Å². The molecule has 0 unspecified atom stereocenters. The highest BCUT2D eigenvalue weighted by Gasteiger charge is 2.30. The van der Waals surface area contributed by atoms with Gasteiger partial charge in [-0.1, -0.05) is 170 Å². The predicted molar refractivity (Wildman–Crippen MR) is 356 cm³/mol. The first-order chi connectivity index (χ1) is 42.2. The van der Waals surface area contributed by atoms with Crippen LogP contribution >= 0.6 is 0 Å². The van der Waals surface area contributed by atoms with Crippen LogP contribution < -0.4 is 14.7 Å². The van der Waals surface area contributed by atoms with Crippen LogP contribution in [0.1, 0.15) is 17.7 Å². The number of aromatic nitrogens is 4. The molecule has 11 aromatic carbocycles. The van der Waals surface area contributed by atoms with Gasteiger partial charge < -0.3 is 18.6 Å². The lowest BCUT2D eigenvalue weighted by molar-refractivity contribution is 1.04. The molecule has 0 aliphatic heterocycles. The Kier molecular flexibility index (Phi) is 12.1. The van der Waals surface area contributed by atoms with E-state index in [9.17, 15) is 0 Å². The largest absolute Gasteiger partial charge is 0.309 e. The van der Waals surface area contributed by atoms with Crippen LogP contribution in [-0.2, 0) is 0 Å². The SMILES string of the molecule is C1=Cc2c(c3ccccc3n2-c2ccccc2)C=C(N(c2ccccc2)c2nc(N(c3ccccc3)c3ccc4c(c3)c3ccccc3n4-c3ccccc3)ccc2N(c2ccccc2)c2ccc3c(c2)c2ccccc2n3-c2ccccc2)C1. The van der Waals surface area contributed by atoms with E-state index >= 15 is 0 Å². The Morgan fingerprint density at radius 1 is 0.306 bits per heavy atom. The molecule has 0 fully saturated rings. The third kappa shape index (κ3) is 8.48. The first-order valence-electron chi connectivity index (χ1n) is 29.0. The Labute approximate surface area is 493 Å². The number of allylic oxidation sites excluding steroid dienone is 1. The average molecular weight is 1090 g/mol. The zero-order chi connectivity index (χ0) is 56.2. The number of benzene rings is 11. The maximum absolute atomic E-state index is 6.13. The van der Waals surface area contributed by atoms with Crippen molar-refractivity contribution >= 4 is 112 Å². The van der Waals surface area contributed by atoms with E-state index in [1.807, 2.05) is 0 Å². The Hall–Kier alpha value is -11.4. The lowest BCUT2D eigenvalue weighted by atomic mass is 10.1. The Morgan fingerprint density at radius 2 is 0.706 bits per heavy atom. The number of hydrogen-bond donors (Lipinski definition) is 0. The van der Waals surface area contributed by atoms with Gasteiger partial charge in [-0.2, -0.15) is 0 Å². The fourth-order valence-electron chi connectivity index (χ4n) is 12.9. The lowest BCUT2D eigenvalue weighted by Gasteiger charge is -2.34. The minimum absolute atomic E-state index is 0.624. The van der Waals surface area contributed by atoms with E-state index in [1.165, 1.54) is 16.2 Å². The van der Waals surface area contributed by atoms with Crippen molar-refractivity contribution in [2.24, 2.45) is 0 Å². The molecule has 1 aliphatic rings. The summed E-state index contributed by atoms with van der Waals surface area (Å²) in [5.74, 6) is 1.52. The van der Waals surface area contributed by atoms with Gasteiger partial charge in [0, 0.05) is 90.1 Å². The van der Waals surface area contributed by atoms with Crippen molar-refractivity contribution in [2.75, 3.05) is 14.7 Å². The zero-order valence-corrected chi connectivity index (χ0v) is 46.4. The minimum atomic E-state index is 0.624. The summed E-state index contributed by atoms with van der Waals surface area (Å²) < 4.78 is 7.15. The number of para-hydroxylation sites is 9. The maximum atomic E-state index is 6.13. The van der Waals surface area contributed by atoms with Crippen molar-refractivity contribution < 1.29 is 0 Å². The zero-order valence-electron chi connectivity index (χ0n) is 46.4. The van der Waals surface area contributed by atoms with Gasteiger partial charge in [0.15, 0.2) is 5.82 Å². The van der Waals surface area contributed by atoms with E-state index < -0.39 is 0 Å². The summed E-state index contributed by atoms with van der Waals surface area (Å²) >= 11 is 0. The van der Waals surface area contributed by atoms with Crippen LogP contribution in [0.3, 0.4) is 0 Å². The number of fused-ring (bicyclic) bond motifs is 9. The van der Waals surface area contributed by atoms with Crippen LogP contribution in [0.15, 0.2) is 315 Å². The van der Waals surface area contributed by atoms with Gasteiger partial charge in [-0.3, -0.25) is 9.80 Å². The number of anilines is 8. The third-order valence-electron chi connectivity index (χ3n) is 16.6. The molecular formula is C78H55N7. The highest BCUT2D eigenvalue weighted by Crippen LogP contribution is 2.49. The monoisotopic (exact) mass is 1090 g/mol. The topological polar surface area (TPSA) is 37.4 Å². The van der Waals surface area contributed by atoms with E-state index in [1.54, 1.807) is 0 Å². The summed E-state index contributed by atoms with van der Waals surface area (Å²) in [6.07, 6.45) is 7.65. The molecule has 402 valence electrons. The molecule has 15 aromatic rings. The molecule has 85 heavy (non-hydrogen) atoms. The number of pyridine rings is 1. The summed E-state index contributed by atoms with van der Waals surface area (Å²) in [5.41, 5.74) is 18.3. The molecule has 4 aromatic heterocycles. The summed E-state index contributed by atoms with van der Waals surface area (Å²) in [4.78, 5) is 13.2. The lowest BCUT2D eigenvalue weighted by Crippen LogP contribution is -2.23. The average Bonchev–Trinajstić information content (AvgIpc) is 2.08. The third-order valence-corrected chi connectivity index (χ3v) is 16.6. The highest BCUT2D eigenvalue weighted by molar-refractivity contribution is 6.12.